The summed E-state index contributed by atoms with van der Waals surface area (Å²) in [6.07, 6.45) is 0. The minimum Gasteiger partial charge on any atom is -0.352 e. The van der Waals surface area contributed by atoms with Gasteiger partial charge in [0, 0.05) is 17.6 Å². The Morgan fingerprint density at radius 1 is 1.39 bits per heavy atom. The molecule has 1 aromatic rings. The van der Waals surface area contributed by atoms with Crippen LogP contribution in [0.15, 0.2) is 27.6 Å². The smallest absolute Gasteiger partial charge is 0.312 e. The molecule has 4 N–H and O–H groups in total. The van der Waals surface area contributed by atoms with Gasteiger partial charge >= 0.3 is 6.03 Å². The highest BCUT2D eigenvalue weighted by Crippen LogP contribution is 2.25. The van der Waals surface area contributed by atoms with Crippen LogP contribution in [0, 0.1) is 0 Å². The fraction of sp³-hybridized carbons (Fsp3) is 0.222. The molecular weight excluding hydrogens is 346 g/mol. The Labute approximate surface area is 118 Å². The highest BCUT2D eigenvalue weighted by Gasteiger charge is 2.14. The van der Waals surface area contributed by atoms with E-state index in [-0.39, 0.29) is 18.0 Å². The topological polar surface area (TPSA) is 101 Å². The third-order valence-electron chi connectivity index (χ3n) is 1.92. The number of primary amides is 1. The number of hydrogen-bond donors (Lipinski definition) is 3. The van der Waals surface area contributed by atoms with E-state index in [1.54, 1.807) is 0 Å². The van der Waals surface area contributed by atoms with Crippen LogP contribution in [-0.4, -0.2) is 27.5 Å². The minimum atomic E-state index is -3.63. The molecule has 0 atom stereocenters. The number of amides is 2. The average Bonchev–Trinajstić information content (AvgIpc) is 2.28. The molecule has 0 bridgehead atoms. The SMILES string of the molecule is NC(=O)NCCNS(=O)(=O)c1ccc(Cl)c(Br)c1. The van der Waals surface area contributed by atoms with Gasteiger partial charge in [0.1, 0.15) is 0 Å². The van der Waals surface area contributed by atoms with Gasteiger partial charge in [0.25, 0.3) is 0 Å². The van der Waals surface area contributed by atoms with E-state index in [0.29, 0.717) is 9.50 Å². The number of halogens is 2. The Hall–Kier alpha value is -0.830. The molecule has 0 aliphatic carbocycles. The van der Waals surface area contributed by atoms with Crippen LogP contribution in [0.2, 0.25) is 5.02 Å². The van der Waals surface area contributed by atoms with Gasteiger partial charge in [-0.25, -0.2) is 17.9 Å². The number of carbonyl (C=O) groups excluding carboxylic acids is 1. The van der Waals surface area contributed by atoms with Gasteiger partial charge in [-0.05, 0) is 34.1 Å². The fourth-order valence-corrected chi connectivity index (χ4v) is 2.80. The summed E-state index contributed by atoms with van der Waals surface area (Å²) in [5, 5.41) is 2.69. The van der Waals surface area contributed by atoms with Gasteiger partial charge in [-0.3, -0.25) is 0 Å². The predicted octanol–water partition coefficient (Wildman–Crippen LogP) is 1.05. The standard InChI is InChI=1S/C9H11BrClN3O3S/c10-7-5-6(1-2-8(7)11)18(16,17)14-4-3-13-9(12)15/h1-2,5,14H,3-4H2,(H3,12,13,15). The summed E-state index contributed by atoms with van der Waals surface area (Å²) in [5.74, 6) is 0. The number of urea groups is 1. The number of carbonyl (C=O) groups is 1. The zero-order valence-electron chi connectivity index (χ0n) is 9.11. The molecule has 0 aliphatic heterocycles. The molecule has 0 heterocycles. The summed E-state index contributed by atoms with van der Waals surface area (Å²) in [4.78, 5) is 10.5. The van der Waals surface area contributed by atoms with E-state index in [9.17, 15) is 13.2 Å². The lowest BCUT2D eigenvalue weighted by Gasteiger charge is -2.07. The van der Waals surface area contributed by atoms with Crippen molar-refractivity contribution >= 4 is 43.6 Å². The largest absolute Gasteiger partial charge is 0.352 e. The zero-order valence-corrected chi connectivity index (χ0v) is 12.3. The first kappa shape index (κ1) is 15.2. The number of benzene rings is 1. The Morgan fingerprint density at radius 3 is 2.61 bits per heavy atom. The van der Waals surface area contributed by atoms with E-state index in [2.05, 4.69) is 26.0 Å². The molecule has 0 saturated carbocycles. The molecule has 0 saturated heterocycles. The van der Waals surface area contributed by atoms with E-state index in [1.165, 1.54) is 18.2 Å². The Morgan fingerprint density at radius 2 is 2.06 bits per heavy atom. The lowest BCUT2D eigenvalue weighted by Crippen LogP contribution is -2.37. The Kier molecular flexibility index (Phi) is 5.39. The van der Waals surface area contributed by atoms with Crippen molar-refractivity contribution < 1.29 is 13.2 Å². The summed E-state index contributed by atoms with van der Waals surface area (Å²) in [6.45, 7) is 0.162. The van der Waals surface area contributed by atoms with Crippen LogP contribution >= 0.6 is 27.5 Å². The van der Waals surface area contributed by atoms with Gasteiger partial charge in [0.05, 0.1) is 9.92 Å². The third-order valence-corrected chi connectivity index (χ3v) is 4.59. The van der Waals surface area contributed by atoms with Crippen molar-refractivity contribution in [2.75, 3.05) is 13.1 Å². The molecule has 0 aromatic heterocycles. The van der Waals surface area contributed by atoms with Crippen LogP contribution in [0.4, 0.5) is 4.79 Å². The van der Waals surface area contributed by atoms with Gasteiger partial charge in [0.2, 0.25) is 10.0 Å². The van der Waals surface area contributed by atoms with Crippen molar-refractivity contribution in [3.8, 4) is 0 Å². The molecule has 0 fully saturated rings. The normalized spacial score (nSPS) is 11.2. The molecule has 0 radical (unpaired) electrons. The maximum atomic E-state index is 11.8. The summed E-state index contributed by atoms with van der Waals surface area (Å²) in [6, 6.07) is 3.55. The van der Waals surface area contributed by atoms with Crippen molar-refractivity contribution in [3.63, 3.8) is 0 Å². The van der Waals surface area contributed by atoms with E-state index >= 15 is 0 Å². The first-order chi connectivity index (χ1) is 8.33. The molecule has 1 rings (SSSR count). The molecule has 18 heavy (non-hydrogen) atoms. The van der Waals surface area contributed by atoms with Crippen LogP contribution in [-0.2, 0) is 10.0 Å². The van der Waals surface area contributed by atoms with Crippen molar-refractivity contribution in [1.29, 1.82) is 0 Å². The Bertz CT molecular complexity index is 550. The van der Waals surface area contributed by atoms with Crippen LogP contribution < -0.4 is 15.8 Å². The highest BCUT2D eigenvalue weighted by molar-refractivity contribution is 9.10. The molecule has 6 nitrogen and oxygen atoms in total. The number of sulfonamides is 1. The molecule has 1 aromatic carbocycles. The fourth-order valence-electron chi connectivity index (χ4n) is 1.10. The predicted molar refractivity (Wildman–Crippen MR) is 71.9 cm³/mol. The lowest BCUT2D eigenvalue weighted by atomic mass is 10.4. The van der Waals surface area contributed by atoms with Crippen LogP contribution in [0.1, 0.15) is 0 Å². The van der Waals surface area contributed by atoms with Gasteiger partial charge < -0.3 is 11.1 Å². The Balaban J connectivity index is 2.68. The first-order valence-corrected chi connectivity index (χ1v) is 7.46. The maximum Gasteiger partial charge on any atom is 0.312 e. The quantitative estimate of drug-likeness (QED) is 0.687. The molecule has 0 spiro atoms. The highest BCUT2D eigenvalue weighted by atomic mass is 79.9. The summed E-state index contributed by atoms with van der Waals surface area (Å²) < 4.78 is 26.4. The maximum absolute atomic E-state index is 11.8. The van der Waals surface area contributed by atoms with Crippen molar-refractivity contribution in [2.45, 2.75) is 4.90 Å². The summed E-state index contributed by atoms with van der Waals surface area (Å²) in [5.41, 5.74) is 4.84. The molecule has 9 heteroatoms. The van der Waals surface area contributed by atoms with Gasteiger partial charge in [0.15, 0.2) is 0 Å². The van der Waals surface area contributed by atoms with Crippen LogP contribution in [0.25, 0.3) is 0 Å². The molecular formula is C9H11BrClN3O3S. The second kappa shape index (κ2) is 6.37. The minimum absolute atomic E-state index is 0.0471. The van der Waals surface area contributed by atoms with Crippen molar-refractivity contribution in [1.82, 2.24) is 10.0 Å². The monoisotopic (exact) mass is 355 g/mol. The zero-order chi connectivity index (χ0) is 13.8. The summed E-state index contributed by atoms with van der Waals surface area (Å²) >= 11 is 8.91. The van der Waals surface area contributed by atoms with Crippen molar-refractivity contribution in [2.24, 2.45) is 5.73 Å². The van der Waals surface area contributed by atoms with E-state index in [4.69, 9.17) is 17.3 Å². The number of hydrogen-bond acceptors (Lipinski definition) is 3. The lowest BCUT2D eigenvalue weighted by molar-refractivity contribution is 0.249. The second-order valence-corrected chi connectivity index (χ2v) is 6.29. The summed E-state index contributed by atoms with van der Waals surface area (Å²) in [7, 11) is -3.63. The van der Waals surface area contributed by atoms with Gasteiger partial charge in [-0.2, -0.15) is 0 Å². The third kappa shape index (κ3) is 4.45. The van der Waals surface area contributed by atoms with E-state index in [0.717, 1.165) is 0 Å². The molecule has 0 unspecified atom stereocenters. The van der Waals surface area contributed by atoms with E-state index in [1.807, 2.05) is 0 Å². The molecule has 0 aliphatic rings. The van der Waals surface area contributed by atoms with Crippen molar-refractivity contribution in [3.05, 3.63) is 27.7 Å². The number of nitrogens with two attached hydrogens (primary N) is 1. The van der Waals surface area contributed by atoms with Crippen LogP contribution in [0.3, 0.4) is 0 Å². The van der Waals surface area contributed by atoms with Crippen LogP contribution in [0.5, 0.6) is 0 Å². The number of rotatable bonds is 5. The second-order valence-electron chi connectivity index (χ2n) is 3.26. The molecule has 100 valence electrons. The first-order valence-electron chi connectivity index (χ1n) is 4.81. The van der Waals surface area contributed by atoms with Gasteiger partial charge in [-0.1, -0.05) is 11.6 Å². The van der Waals surface area contributed by atoms with Gasteiger partial charge in [-0.15, -0.1) is 0 Å². The van der Waals surface area contributed by atoms with E-state index < -0.39 is 16.1 Å². The molecule has 2 amide bonds. The number of nitrogens with one attached hydrogen (secondary N) is 2. The average molecular weight is 357 g/mol.